The highest BCUT2D eigenvalue weighted by atomic mass is 32.2. The fraction of sp³-hybridized carbons (Fsp3) is 0.636. The number of benzene rings is 1. The lowest BCUT2D eigenvalue weighted by atomic mass is 9.95. The lowest BCUT2D eigenvalue weighted by Crippen LogP contribution is -2.47. The van der Waals surface area contributed by atoms with Crippen molar-refractivity contribution < 1.29 is 18.0 Å². The first-order valence-corrected chi connectivity index (χ1v) is 12.1. The molecule has 1 aliphatic rings. The Labute approximate surface area is 175 Å². The third-order valence-corrected chi connectivity index (χ3v) is 7.73. The van der Waals surface area contributed by atoms with Crippen molar-refractivity contribution in [2.75, 3.05) is 19.6 Å². The van der Waals surface area contributed by atoms with E-state index in [1.165, 1.54) is 23.4 Å². The minimum absolute atomic E-state index is 0.129. The molecular weight excluding hydrogens is 388 g/mol. The lowest BCUT2D eigenvalue weighted by Gasteiger charge is -2.36. The van der Waals surface area contributed by atoms with Crippen molar-refractivity contribution in [3.63, 3.8) is 0 Å². The van der Waals surface area contributed by atoms with Gasteiger partial charge in [-0.1, -0.05) is 32.4 Å². The quantitative estimate of drug-likeness (QED) is 0.569. The van der Waals surface area contributed by atoms with Gasteiger partial charge in [-0.15, -0.1) is 0 Å². The van der Waals surface area contributed by atoms with Crippen molar-refractivity contribution in [3.05, 3.63) is 29.8 Å². The minimum Gasteiger partial charge on any atom is -0.340 e. The summed E-state index contributed by atoms with van der Waals surface area (Å²) in [6.45, 7) is 9.11. The first kappa shape index (κ1) is 23.5. The van der Waals surface area contributed by atoms with E-state index in [1.54, 1.807) is 12.1 Å². The molecule has 0 bridgehead atoms. The minimum atomic E-state index is -3.67. The van der Waals surface area contributed by atoms with Gasteiger partial charge in [-0.2, -0.15) is 4.31 Å². The van der Waals surface area contributed by atoms with E-state index in [0.717, 1.165) is 25.8 Å². The van der Waals surface area contributed by atoms with Gasteiger partial charge in [-0.05, 0) is 51.7 Å². The molecule has 1 unspecified atom stereocenters. The molecule has 1 amide bonds. The number of Topliss-reactive ketones (excluding diaryl/α,β-unsaturated/α-hetero) is 1. The Morgan fingerprint density at radius 2 is 1.86 bits per heavy atom. The lowest BCUT2D eigenvalue weighted by molar-refractivity contribution is -0.139. The van der Waals surface area contributed by atoms with Gasteiger partial charge in [0.15, 0.2) is 5.78 Å². The van der Waals surface area contributed by atoms with Crippen LogP contribution in [0, 0.1) is 5.92 Å². The molecule has 29 heavy (non-hydrogen) atoms. The number of rotatable bonds is 9. The van der Waals surface area contributed by atoms with Crippen molar-refractivity contribution in [2.24, 2.45) is 5.92 Å². The number of nitrogens with zero attached hydrogens (tertiary/aromatic N) is 2. The number of hydrogen-bond acceptors (Lipinski definition) is 4. The highest BCUT2D eigenvalue weighted by molar-refractivity contribution is 7.89. The van der Waals surface area contributed by atoms with Crippen LogP contribution in [-0.4, -0.2) is 55.0 Å². The van der Waals surface area contributed by atoms with Crippen LogP contribution in [0.2, 0.25) is 0 Å². The number of unbranched alkanes of at least 4 members (excludes halogenated alkanes) is 1. The largest absolute Gasteiger partial charge is 0.340 e. The molecule has 1 heterocycles. The Morgan fingerprint density at radius 3 is 2.41 bits per heavy atom. The van der Waals surface area contributed by atoms with E-state index in [9.17, 15) is 18.0 Å². The summed E-state index contributed by atoms with van der Waals surface area (Å²) in [5, 5.41) is 0. The number of piperidine rings is 1. The van der Waals surface area contributed by atoms with Crippen LogP contribution in [0.15, 0.2) is 29.2 Å². The van der Waals surface area contributed by atoms with Crippen LogP contribution in [-0.2, 0) is 14.8 Å². The maximum Gasteiger partial charge on any atom is 0.243 e. The number of carbonyl (C=O) groups excluding carboxylic acids is 2. The van der Waals surface area contributed by atoms with Gasteiger partial charge in [0.2, 0.25) is 15.9 Å². The van der Waals surface area contributed by atoms with Crippen molar-refractivity contribution in [2.45, 2.75) is 70.7 Å². The Bertz CT molecular complexity index is 814. The average molecular weight is 423 g/mol. The molecule has 0 radical (unpaired) electrons. The van der Waals surface area contributed by atoms with Gasteiger partial charge in [0.05, 0.1) is 4.90 Å². The number of ketones is 1. The molecule has 2 rings (SSSR count). The predicted octanol–water partition coefficient (Wildman–Crippen LogP) is 3.72. The SMILES string of the molecule is CCCCN(C(=O)C1CCN(S(=O)(=O)c2cccc(C(C)=O)c2)CC1)C(C)CC. The molecule has 162 valence electrons. The molecule has 0 aromatic heterocycles. The third kappa shape index (κ3) is 5.66. The van der Waals surface area contributed by atoms with E-state index < -0.39 is 10.0 Å². The molecule has 0 N–H and O–H groups in total. The normalized spacial score (nSPS) is 17.1. The van der Waals surface area contributed by atoms with Gasteiger partial charge in [0.1, 0.15) is 0 Å². The fourth-order valence-corrected chi connectivity index (χ4v) is 5.21. The summed E-state index contributed by atoms with van der Waals surface area (Å²) < 4.78 is 27.4. The van der Waals surface area contributed by atoms with Gasteiger partial charge in [-0.3, -0.25) is 9.59 Å². The van der Waals surface area contributed by atoms with E-state index in [1.807, 2.05) is 4.90 Å². The average Bonchev–Trinajstić information content (AvgIpc) is 2.73. The fourth-order valence-electron chi connectivity index (χ4n) is 3.70. The zero-order valence-corrected chi connectivity index (χ0v) is 18.9. The van der Waals surface area contributed by atoms with Gasteiger partial charge in [0.25, 0.3) is 0 Å². The van der Waals surface area contributed by atoms with E-state index in [2.05, 4.69) is 20.8 Å². The Balaban J connectivity index is 2.08. The summed E-state index contributed by atoms with van der Waals surface area (Å²) in [5.74, 6) is -0.136. The molecule has 1 aliphatic heterocycles. The van der Waals surface area contributed by atoms with E-state index in [4.69, 9.17) is 0 Å². The van der Waals surface area contributed by atoms with Crippen molar-refractivity contribution in [3.8, 4) is 0 Å². The standard InChI is InChI=1S/C22H34N2O4S/c1-5-7-13-24(17(3)6-2)22(26)19-11-14-23(15-12-19)29(27,28)21-10-8-9-20(16-21)18(4)25/h8-10,16-17,19H,5-7,11-15H2,1-4H3. The van der Waals surface area contributed by atoms with Crippen molar-refractivity contribution >= 4 is 21.7 Å². The zero-order valence-electron chi connectivity index (χ0n) is 18.1. The molecule has 1 saturated heterocycles. The molecule has 0 aliphatic carbocycles. The summed E-state index contributed by atoms with van der Waals surface area (Å²) >= 11 is 0. The Kier molecular flexibility index (Phi) is 8.40. The van der Waals surface area contributed by atoms with Crippen LogP contribution < -0.4 is 0 Å². The van der Waals surface area contributed by atoms with Crippen LogP contribution in [0.1, 0.15) is 70.2 Å². The molecule has 0 saturated carbocycles. The van der Waals surface area contributed by atoms with Crippen molar-refractivity contribution in [1.29, 1.82) is 0 Å². The van der Waals surface area contributed by atoms with Crippen LogP contribution in [0.25, 0.3) is 0 Å². The first-order chi connectivity index (χ1) is 13.7. The Hall–Kier alpha value is -1.73. The number of amides is 1. The highest BCUT2D eigenvalue weighted by Crippen LogP contribution is 2.26. The van der Waals surface area contributed by atoms with E-state index in [-0.39, 0.29) is 28.5 Å². The molecule has 1 fully saturated rings. The van der Waals surface area contributed by atoms with E-state index in [0.29, 0.717) is 31.5 Å². The van der Waals surface area contributed by atoms with E-state index >= 15 is 0 Å². The molecule has 6 nitrogen and oxygen atoms in total. The second-order valence-electron chi connectivity index (χ2n) is 7.90. The van der Waals surface area contributed by atoms with Crippen LogP contribution in [0.3, 0.4) is 0 Å². The third-order valence-electron chi connectivity index (χ3n) is 5.84. The van der Waals surface area contributed by atoms with Gasteiger partial charge in [0, 0.05) is 37.2 Å². The summed E-state index contributed by atoms with van der Waals surface area (Å²) in [6.07, 6.45) is 3.99. The predicted molar refractivity (Wildman–Crippen MR) is 114 cm³/mol. The first-order valence-electron chi connectivity index (χ1n) is 10.6. The maximum absolute atomic E-state index is 13.1. The molecule has 7 heteroatoms. The second-order valence-corrected chi connectivity index (χ2v) is 9.84. The second kappa shape index (κ2) is 10.3. The monoisotopic (exact) mass is 422 g/mol. The summed E-state index contributed by atoms with van der Waals surface area (Å²) in [6, 6.07) is 6.37. The maximum atomic E-state index is 13.1. The molecule has 0 spiro atoms. The van der Waals surface area contributed by atoms with Gasteiger partial charge < -0.3 is 4.90 Å². The highest BCUT2D eigenvalue weighted by Gasteiger charge is 2.34. The number of sulfonamides is 1. The molecule has 1 atom stereocenters. The topological polar surface area (TPSA) is 74.8 Å². The van der Waals surface area contributed by atoms with Gasteiger partial charge >= 0.3 is 0 Å². The summed E-state index contributed by atoms with van der Waals surface area (Å²) in [5.41, 5.74) is 0.385. The number of hydrogen-bond donors (Lipinski definition) is 0. The molecular formula is C22H34N2O4S. The smallest absolute Gasteiger partial charge is 0.243 e. The summed E-state index contributed by atoms with van der Waals surface area (Å²) in [4.78, 5) is 26.8. The van der Waals surface area contributed by atoms with Crippen LogP contribution in [0.4, 0.5) is 0 Å². The molecule has 1 aromatic rings. The number of carbonyl (C=O) groups is 2. The van der Waals surface area contributed by atoms with Crippen LogP contribution >= 0.6 is 0 Å². The van der Waals surface area contributed by atoms with Gasteiger partial charge in [-0.25, -0.2) is 8.42 Å². The molecule has 1 aromatic carbocycles. The van der Waals surface area contributed by atoms with Crippen LogP contribution in [0.5, 0.6) is 0 Å². The summed E-state index contributed by atoms with van der Waals surface area (Å²) in [7, 11) is -3.67. The zero-order chi connectivity index (χ0) is 21.6. The Morgan fingerprint density at radius 1 is 1.21 bits per heavy atom. The van der Waals surface area contributed by atoms with Crippen molar-refractivity contribution in [1.82, 2.24) is 9.21 Å².